The Labute approximate surface area is 215 Å². The fourth-order valence-electron chi connectivity index (χ4n) is 4.55. The molecule has 4 aromatic rings. The van der Waals surface area contributed by atoms with Crippen LogP contribution in [-0.4, -0.2) is 53.4 Å². The lowest BCUT2D eigenvalue weighted by molar-refractivity contribution is -0.142. The number of aromatic nitrogens is 5. The van der Waals surface area contributed by atoms with E-state index in [4.69, 9.17) is 4.74 Å². The van der Waals surface area contributed by atoms with Crippen LogP contribution in [0.3, 0.4) is 0 Å². The molecule has 0 radical (unpaired) electrons. The normalized spacial score (nSPS) is 15.4. The van der Waals surface area contributed by atoms with Gasteiger partial charge in [0.2, 0.25) is 11.8 Å². The Balaban J connectivity index is 1.34. The van der Waals surface area contributed by atoms with Crippen LogP contribution in [0.4, 0.5) is 23.8 Å². The summed E-state index contributed by atoms with van der Waals surface area (Å²) in [6.07, 6.45) is -0.914. The molecule has 2 amide bonds. The Morgan fingerprint density at radius 3 is 2.71 bits per heavy atom. The third kappa shape index (κ3) is 5.04. The Morgan fingerprint density at radius 1 is 1.18 bits per heavy atom. The number of halogens is 3. The Morgan fingerprint density at radius 2 is 1.97 bits per heavy atom. The number of hydrogen-bond donors (Lipinski definition) is 1. The van der Waals surface area contributed by atoms with Gasteiger partial charge < -0.3 is 9.64 Å². The minimum Gasteiger partial charge on any atom is -0.439 e. The van der Waals surface area contributed by atoms with Crippen molar-refractivity contribution in [2.75, 3.05) is 5.32 Å². The smallest absolute Gasteiger partial charge is 0.408 e. The zero-order valence-electron chi connectivity index (χ0n) is 20.8. The lowest BCUT2D eigenvalue weighted by Gasteiger charge is -2.33. The summed E-state index contributed by atoms with van der Waals surface area (Å²) in [6.45, 7) is 4.12. The number of anilines is 1. The first-order valence-corrected chi connectivity index (χ1v) is 11.8. The zero-order chi connectivity index (χ0) is 27.2. The molecule has 1 N–H and O–H groups in total. The van der Waals surface area contributed by atoms with Gasteiger partial charge in [0, 0.05) is 41.9 Å². The summed E-state index contributed by atoms with van der Waals surface area (Å²) < 4.78 is 46.4. The predicted octanol–water partition coefficient (Wildman–Crippen LogP) is 4.66. The number of carbonyl (C=O) groups is 2. The van der Waals surface area contributed by atoms with Crippen LogP contribution < -0.4 is 10.1 Å². The fraction of sp³-hybridized carbons (Fsp3) is 0.320. The van der Waals surface area contributed by atoms with Gasteiger partial charge in [0.1, 0.15) is 18.6 Å². The first-order chi connectivity index (χ1) is 18.0. The lowest BCUT2D eigenvalue weighted by atomic mass is 9.99. The van der Waals surface area contributed by atoms with Crippen molar-refractivity contribution in [1.29, 1.82) is 0 Å². The van der Waals surface area contributed by atoms with Crippen LogP contribution in [0.25, 0.3) is 10.9 Å². The van der Waals surface area contributed by atoms with Crippen molar-refractivity contribution >= 4 is 28.7 Å². The van der Waals surface area contributed by atoms with Gasteiger partial charge in [-0.05, 0) is 44.5 Å². The number of benzene rings is 1. The minimum absolute atomic E-state index is 0.0182. The first-order valence-electron chi connectivity index (χ1n) is 11.8. The van der Waals surface area contributed by atoms with E-state index in [0.29, 0.717) is 35.5 Å². The molecular weight excluding hydrogens is 503 g/mol. The van der Waals surface area contributed by atoms with Gasteiger partial charge in [0.25, 0.3) is 0 Å². The third-order valence-electron chi connectivity index (χ3n) is 6.39. The van der Waals surface area contributed by atoms with E-state index >= 15 is 0 Å². The lowest BCUT2D eigenvalue weighted by Crippen LogP contribution is -2.41. The average Bonchev–Trinajstić information content (AvgIpc) is 3.40. The van der Waals surface area contributed by atoms with Crippen LogP contribution in [0.5, 0.6) is 11.6 Å². The molecule has 0 saturated carbocycles. The molecule has 1 unspecified atom stereocenters. The van der Waals surface area contributed by atoms with Crippen molar-refractivity contribution < 1.29 is 27.5 Å². The van der Waals surface area contributed by atoms with Gasteiger partial charge in [-0.3, -0.25) is 19.4 Å². The summed E-state index contributed by atoms with van der Waals surface area (Å²) >= 11 is 0. The highest BCUT2D eigenvalue weighted by Gasteiger charge is 2.30. The summed E-state index contributed by atoms with van der Waals surface area (Å²) in [5, 5.41) is 7.08. The third-order valence-corrected chi connectivity index (χ3v) is 6.39. The maximum absolute atomic E-state index is 12.8. The van der Waals surface area contributed by atoms with Crippen LogP contribution in [0, 0.1) is 6.92 Å². The number of fused-ring (bicyclic) bond motifs is 2. The molecule has 0 bridgehead atoms. The van der Waals surface area contributed by atoms with E-state index in [9.17, 15) is 22.8 Å². The summed E-state index contributed by atoms with van der Waals surface area (Å²) in [7, 11) is 0. The SMILES string of the molecule is CC(=O)N1Cc2ncnc(Oc3ccc4c(ccn4C(=O)Nc4cc(C)n(CC(F)(F)F)n4)c3)c2CC1C. The van der Waals surface area contributed by atoms with Crippen molar-refractivity contribution in [3.8, 4) is 11.6 Å². The quantitative estimate of drug-likeness (QED) is 0.414. The summed E-state index contributed by atoms with van der Waals surface area (Å²) in [4.78, 5) is 35.1. The van der Waals surface area contributed by atoms with Crippen LogP contribution in [-0.2, 0) is 24.3 Å². The molecule has 1 aromatic carbocycles. The second-order valence-electron chi connectivity index (χ2n) is 9.19. The van der Waals surface area contributed by atoms with Crippen molar-refractivity contribution in [3.63, 3.8) is 0 Å². The number of rotatable bonds is 4. The van der Waals surface area contributed by atoms with E-state index in [-0.39, 0.29) is 23.5 Å². The summed E-state index contributed by atoms with van der Waals surface area (Å²) in [6, 6.07) is 7.65. The largest absolute Gasteiger partial charge is 0.439 e. The number of nitrogens with one attached hydrogen (secondary N) is 1. The van der Waals surface area contributed by atoms with Gasteiger partial charge in [-0.1, -0.05) is 0 Å². The van der Waals surface area contributed by atoms with Gasteiger partial charge in [-0.15, -0.1) is 0 Å². The number of nitrogens with zero attached hydrogens (tertiary/aromatic N) is 6. The van der Waals surface area contributed by atoms with E-state index in [2.05, 4.69) is 20.4 Å². The molecular formula is C25H24F3N7O3. The van der Waals surface area contributed by atoms with Gasteiger partial charge in [-0.2, -0.15) is 18.3 Å². The van der Waals surface area contributed by atoms with Gasteiger partial charge in [0.05, 0.1) is 17.8 Å². The van der Waals surface area contributed by atoms with Gasteiger partial charge >= 0.3 is 12.2 Å². The zero-order valence-corrected chi connectivity index (χ0v) is 20.8. The highest BCUT2D eigenvalue weighted by Crippen LogP contribution is 2.32. The molecule has 1 aliphatic rings. The van der Waals surface area contributed by atoms with Crippen LogP contribution in [0.2, 0.25) is 0 Å². The van der Waals surface area contributed by atoms with Crippen molar-refractivity contribution in [2.24, 2.45) is 0 Å². The Hall–Kier alpha value is -4.42. The number of carbonyl (C=O) groups excluding carboxylic acids is 2. The van der Waals surface area contributed by atoms with Crippen molar-refractivity contribution in [1.82, 2.24) is 29.2 Å². The van der Waals surface area contributed by atoms with E-state index in [1.165, 1.54) is 30.8 Å². The van der Waals surface area contributed by atoms with Crippen LogP contribution in [0.1, 0.15) is 30.8 Å². The molecule has 5 rings (SSSR count). The molecule has 38 heavy (non-hydrogen) atoms. The number of ether oxygens (including phenoxy) is 1. The molecule has 198 valence electrons. The van der Waals surface area contributed by atoms with E-state index < -0.39 is 18.8 Å². The topological polar surface area (TPSA) is 107 Å². The molecule has 13 heteroatoms. The summed E-state index contributed by atoms with van der Waals surface area (Å²) in [5.74, 6) is 0.906. The molecule has 4 heterocycles. The summed E-state index contributed by atoms with van der Waals surface area (Å²) in [5.41, 5.74) is 2.42. The second kappa shape index (κ2) is 9.47. The molecule has 0 fully saturated rings. The number of aryl methyl sites for hydroxylation is 1. The molecule has 1 aliphatic heterocycles. The Bertz CT molecular complexity index is 1540. The van der Waals surface area contributed by atoms with E-state index in [0.717, 1.165) is 15.9 Å². The first kappa shape index (κ1) is 25.2. The monoisotopic (exact) mass is 527 g/mol. The molecule has 0 spiro atoms. The molecule has 1 atom stereocenters. The maximum atomic E-state index is 12.8. The molecule has 3 aromatic heterocycles. The second-order valence-corrected chi connectivity index (χ2v) is 9.19. The fourth-order valence-corrected chi connectivity index (χ4v) is 4.55. The minimum atomic E-state index is -4.42. The van der Waals surface area contributed by atoms with Gasteiger partial charge in [0.15, 0.2) is 5.82 Å². The highest BCUT2D eigenvalue weighted by atomic mass is 19.4. The van der Waals surface area contributed by atoms with Gasteiger partial charge in [-0.25, -0.2) is 14.8 Å². The average molecular weight is 528 g/mol. The van der Waals surface area contributed by atoms with E-state index in [1.807, 2.05) is 6.92 Å². The standard InChI is InChI=1S/C25H24F3N7O3/c1-14-8-19-20(11-34(14)16(3)36)29-13-30-23(19)38-18-4-5-21-17(10-18)6-7-33(21)24(37)31-22-9-15(2)35(32-22)12-25(26,27)28/h4-7,9-10,13-14H,8,11-12H2,1-3H3,(H,31,32,37). The molecule has 0 aliphatic carbocycles. The van der Waals surface area contributed by atoms with Crippen LogP contribution >= 0.6 is 0 Å². The molecule has 10 nitrogen and oxygen atoms in total. The number of alkyl halides is 3. The van der Waals surface area contributed by atoms with Crippen molar-refractivity contribution in [3.05, 3.63) is 59.8 Å². The molecule has 0 saturated heterocycles. The van der Waals surface area contributed by atoms with Crippen LogP contribution in [0.15, 0.2) is 42.9 Å². The highest BCUT2D eigenvalue weighted by molar-refractivity contribution is 5.98. The van der Waals surface area contributed by atoms with E-state index in [1.54, 1.807) is 35.4 Å². The maximum Gasteiger partial charge on any atom is 0.408 e. The number of hydrogen-bond acceptors (Lipinski definition) is 6. The number of amides is 2. The van der Waals surface area contributed by atoms with Crippen molar-refractivity contribution in [2.45, 2.75) is 52.5 Å². The Kier molecular flexibility index (Phi) is 6.29. The predicted molar refractivity (Wildman–Crippen MR) is 131 cm³/mol.